The lowest BCUT2D eigenvalue weighted by atomic mass is 10.1. The molecule has 1 atom stereocenters. The fourth-order valence-electron chi connectivity index (χ4n) is 1.43. The molecule has 0 aromatic carbocycles. The lowest BCUT2D eigenvalue weighted by molar-refractivity contribution is -0.139. The largest absolute Gasteiger partial charge is 0.480 e. The van der Waals surface area contributed by atoms with Crippen LogP contribution in [0.3, 0.4) is 0 Å². The first-order chi connectivity index (χ1) is 9.04. The second kappa shape index (κ2) is 7.42. The fraction of sp³-hybridized carbons (Fsp3) is 0.500. The van der Waals surface area contributed by atoms with Crippen molar-refractivity contribution in [2.45, 2.75) is 25.8 Å². The molecule has 1 heterocycles. The van der Waals surface area contributed by atoms with E-state index in [2.05, 4.69) is 15.3 Å². The van der Waals surface area contributed by atoms with Gasteiger partial charge in [0.15, 0.2) is 0 Å². The Kier molecular flexibility index (Phi) is 5.87. The minimum absolute atomic E-state index is 0.101. The van der Waals surface area contributed by atoms with Crippen LogP contribution in [0.15, 0.2) is 12.4 Å². The number of rotatable bonds is 7. The Balaban J connectivity index is 2.60. The summed E-state index contributed by atoms with van der Waals surface area (Å²) in [5, 5.41) is 11.4. The van der Waals surface area contributed by atoms with Gasteiger partial charge in [-0.25, -0.2) is 9.78 Å². The van der Waals surface area contributed by atoms with Crippen LogP contribution in [-0.2, 0) is 9.53 Å². The summed E-state index contributed by atoms with van der Waals surface area (Å²) in [6.07, 6.45) is 3.62. The molecule has 1 aromatic heterocycles. The molecule has 7 heteroatoms. The number of carbonyl (C=O) groups is 2. The van der Waals surface area contributed by atoms with Crippen molar-refractivity contribution in [3.63, 3.8) is 0 Å². The number of ether oxygens (including phenoxy) is 1. The number of carboxylic acids is 1. The maximum Gasteiger partial charge on any atom is 0.326 e. The van der Waals surface area contributed by atoms with Gasteiger partial charge in [0, 0.05) is 19.9 Å². The standard InChI is InChI=1S/C12H17N3O4/c1-8-6-14-10(7-13-8)11(16)15-9(12(17)18)4-3-5-19-2/h6-7,9H,3-5H2,1-2H3,(H,15,16)(H,17,18). The number of aromatic nitrogens is 2. The van der Waals surface area contributed by atoms with Crippen LogP contribution in [0.4, 0.5) is 0 Å². The lowest BCUT2D eigenvalue weighted by Gasteiger charge is -2.13. The highest BCUT2D eigenvalue weighted by atomic mass is 16.5. The van der Waals surface area contributed by atoms with Crippen molar-refractivity contribution in [1.82, 2.24) is 15.3 Å². The van der Waals surface area contributed by atoms with E-state index in [1.54, 1.807) is 6.92 Å². The Labute approximate surface area is 111 Å². The molecule has 1 rings (SSSR count). The number of nitrogens with zero attached hydrogens (tertiary/aromatic N) is 2. The maximum absolute atomic E-state index is 11.8. The summed E-state index contributed by atoms with van der Waals surface area (Å²) in [5.41, 5.74) is 0.787. The van der Waals surface area contributed by atoms with Gasteiger partial charge >= 0.3 is 5.97 Å². The summed E-state index contributed by atoms with van der Waals surface area (Å²) in [7, 11) is 1.54. The number of amides is 1. The third kappa shape index (κ3) is 5.01. The van der Waals surface area contributed by atoms with E-state index in [9.17, 15) is 9.59 Å². The number of hydrogen-bond donors (Lipinski definition) is 2. The van der Waals surface area contributed by atoms with Crippen LogP contribution in [0.25, 0.3) is 0 Å². The van der Waals surface area contributed by atoms with Gasteiger partial charge in [0.25, 0.3) is 5.91 Å². The predicted octanol–water partition coefficient (Wildman–Crippen LogP) is 0.395. The molecule has 104 valence electrons. The summed E-state index contributed by atoms with van der Waals surface area (Å²) in [4.78, 5) is 30.7. The minimum Gasteiger partial charge on any atom is -0.480 e. The van der Waals surface area contributed by atoms with Crippen molar-refractivity contribution in [1.29, 1.82) is 0 Å². The SMILES string of the molecule is COCCCC(NC(=O)c1cnc(C)cn1)C(=O)O. The van der Waals surface area contributed by atoms with Gasteiger partial charge in [-0.05, 0) is 19.8 Å². The summed E-state index contributed by atoms with van der Waals surface area (Å²) in [6, 6.07) is -0.953. The molecule has 1 unspecified atom stereocenters. The predicted molar refractivity (Wildman–Crippen MR) is 66.8 cm³/mol. The Morgan fingerprint density at radius 3 is 2.68 bits per heavy atom. The Morgan fingerprint density at radius 2 is 2.16 bits per heavy atom. The summed E-state index contributed by atoms with van der Waals surface area (Å²) in [6.45, 7) is 2.20. The van der Waals surface area contributed by atoms with Crippen molar-refractivity contribution >= 4 is 11.9 Å². The highest BCUT2D eigenvalue weighted by Crippen LogP contribution is 2.01. The van der Waals surface area contributed by atoms with E-state index in [0.29, 0.717) is 25.1 Å². The first-order valence-electron chi connectivity index (χ1n) is 5.86. The molecule has 1 amide bonds. The number of carboxylic acid groups (broad SMARTS) is 1. The van der Waals surface area contributed by atoms with Gasteiger partial charge in [-0.2, -0.15) is 0 Å². The van der Waals surface area contributed by atoms with Gasteiger partial charge in [0.1, 0.15) is 11.7 Å². The van der Waals surface area contributed by atoms with Crippen molar-refractivity contribution < 1.29 is 19.4 Å². The minimum atomic E-state index is -1.08. The molecule has 1 aromatic rings. The first-order valence-corrected chi connectivity index (χ1v) is 5.86. The van der Waals surface area contributed by atoms with Gasteiger partial charge in [0.2, 0.25) is 0 Å². The molecule has 19 heavy (non-hydrogen) atoms. The number of hydrogen-bond acceptors (Lipinski definition) is 5. The molecule has 0 saturated heterocycles. The fourth-order valence-corrected chi connectivity index (χ4v) is 1.43. The number of carbonyl (C=O) groups excluding carboxylic acids is 1. The van der Waals surface area contributed by atoms with Crippen LogP contribution in [0.1, 0.15) is 29.0 Å². The number of methoxy groups -OCH3 is 1. The monoisotopic (exact) mass is 267 g/mol. The van der Waals surface area contributed by atoms with E-state index in [-0.39, 0.29) is 5.69 Å². The molecule has 0 bridgehead atoms. The van der Waals surface area contributed by atoms with Crippen molar-refractivity contribution in [2.24, 2.45) is 0 Å². The quantitative estimate of drug-likeness (QED) is 0.693. The van der Waals surface area contributed by atoms with Gasteiger partial charge in [-0.1, -0.05) is 0 Å². The Bertz CT molecular complexity index is 433. The van der Waals surface area contributed by atoms with Crippen molar-refractivity contribution in [3.05, 3.63) is 23.8 Å². The second-order valence-corrected chi connectivity index (χ2v) is 4.04. The van der Waals surface area contributed by atoms with E-state index < -0.39 is 17.9 Å². The number of aliphatic carboxylic acids is 1. The average Bonchev–Trinajstić information content (AvgIpc) is 2.38. The summed E-state index contributed by atoms with van der Waals surface area (Å²) < 4.78 is 4.85. The van der Waals surface area contributed by atoms with Gasteiger partial charge in [-0.3, -0.25) is 9.78 Å². The van der Waals surface area contributed by atoms with Crippen molar-refractivity contribution in [3.8, 4) is 0 Å². The van der Waals surface area contributed by atoms with E-state index in [1.165, 1.54) is 19.5 Å². The highest BCUT2D eigenvalue weighted by molar-refractivity contribution is 5.94. The highest BCUT2D eigenvalue weighted by Gasteiger charge is 2.20. The van der Waals surface area contributed by atoms with Gasteiger partial charge < -0.3 is 15.2 Å². The summed E-state index contributed by atoms with van der Waals surface area (Å²) in [5.74, 6) is -1.62. The smallest absolute Gasteiger partial charge is 0.326 e. The van der Waals surface area contributed by atoms with E-state index in [0.717, 1.165) is 0 Å². The first kappa shape index (κ1) is 15.0. The molecule has 0 aliphatic carbocycles. The Morgan fingerprint density at radius 1 is 1.42 bits per heavy atom. The molecular weight excluding hydrogens is 250 g/mol. The molecule has 0 spiro atoms. The topological polar surface area (TPSA) is 101 Å². The van der Waals surface area contributed by atoms with Crippen LogP contribution in [-0.4, -0.2) is 46.7 Å². The normalized spacial score (nSPS) is 11.9. The Hall–Kier alpha value is -2.02. The van der Waals surface area contributed by atoms with E-state index in [1.807, 2.05) is 0 Å². The van der Waals surface area contributed by atoms with Crippen LogP contribution in [0.5, 0.6) is 0 Å². The molecule has 0 radical (unpaired) electrons. The van der Waals surface area contributed by atoms with Crippen molar-refractivity contribution in [2.75, 3.05) is 13.7 Å². The molecular formula is C12H17N3O4. The zero-order valence-corrected chi connectivity index (χ0v) is 10.9. The number of aryl methyl sites for hydroxylation is 1. The second-order valence-electron chi connectivity index (χ2n) is 4.04. The third-order valence-corrected chi connectivity index (χ3v) is 2.46. The van der Waals surface area contributed by atoms with Crippen LogP contribution >= 0.6 is 0 Å². The summed E-state index contributed by atoms with van der Waals surface area (Å²) >= 11 is 0. The molecule has 0 fully saturated rings. The average molecular weight is 267 g/mol. The number of nitrogens with one attached hydrogen (secondary N) is 1. The van der Waals surface area contributed by atoms with Crippen LogP contribution < -0.4 is 5.32 Å². The lowest BCUT2D eigenvalue weighted by Crippen LogP contribution is -2.41. The van der Waals surface area contributed by atoms with Gasteiger partial charge in [-0.15, -0.1) is 0 Å². The van der Waals surface area contributed by atoms with Gasteiger partial charge in [0.05, 0.1) is 11.9 Å². The molecule has 0 saturated carbocycles. The zero-order valence-electron chi connectivity index (χ0n) is 10.9. The molecule has 7 nitrogen and oxygen atoms in total. The zero-order chi connectivity index (χ0) is 14.3. The van der Waals surface area contributed by atoms with E-state index >= 15 is 0 Å². The molecule has 0 aliphatic heterocycles. The van der Waals surface area contributed by atoms with E-state index in [4.69, 9.17) is 9.84 Å². The van der Waals surface area contributed by atoms with Crippen LogP contribution in [0.2, 0.25) is 0 Å². The maximum atomic E-state index is 11.8. The molecule has 0 aliphatic rings. The van der Waals surface area contributed by atoms with Crippen LogP contribution in [0, 0.1) is 6.92 Å². The third-order valence-electron chi connectivity index (χ3n) is 2.46. The molecule has 2 N–H and O–H groups in total.